The van der Waals surface area contributed by atoms with E-state index in [4.69, 9.17) is 0 Å². The predicted molar refractivity (Wildman–Crippen MR) is 174 cm³/mol. The first-order valence-electron chi connectivity index (χ1n) is 16.0. The summed E-state index contributed by atoms with van der Waals surface area (Å²) in [6.07, 6.45) is 13.0. The molecule has 0 N–H and O–H groups in total. The molecule has 4 aromatic rings. The van der Waals surface area contributed by atoms with Crippen LogP contribution < -0.4 is 24.8 Å². The molecule has 4 aromatic carbocycles. The summed E-state index contributed by atoms with van der Waals surface area (Å²) in [6.45, 7) is 4.71. The van der Waals surface area contributed by atoms with Crippen molar-refractivity contribution >= 4 is 12.2 Å². The zero-order valence-corrected chi connectivity index (χ0v) is 29.4. The van der Waals surface area contributed by atoms with E-state index in [9.17, 15) is 0 Å². The topological polar surface area (TPSA) is 0 Å². The van der Waals surface area contributed by atoms with Gasteiger partial charge in [0.25, 0.3) is 0 Å². The number of halogens is 2. The van der Waals surface area contributed by atoms with Crippen molar-refractivity contribution in [2.75, 3.05) is 0 Å². The number of hydrogen-bond acceptors (Lipinski definition) is 0. The van der Waals surface area contributed by atoms with Crippen LogP contribution in [0.15, 0.2) is 108 Å². The Bertz CT molecular complexity index is 1500. The molecule has 3 heteroatoms. The molecule has 2 aliphatic carbocycles. The van der Waals surface area contributed by atoms with Crippen molar-refractivity contribution in [3.8, 4) is 22.3 Å². The Hall–Kier alpha value is -2.18. The minimum atomic E-state index is -2.71. The average molecular weight is 685 g/mol. The fourth-order valence-corrected chi connectivity index (χ4v) is 25.7. The monoisotopic (exact) mass is 682 g/mol. The smallest absolute Gasteiger partial charge is 1.00 e. The summed E-state index contributed by atoms with van der Waals surface area (Å²) in [4.78, 5) is 0. The van der Waals surface area contributed by atoms with Crippen LogP contribution in [-0.2, 0) is 20.3 Å². The number of rotatable bonds is 10. The normalized spacial score (nSPS) is 18.2. The van der Waals surface area contributed by atoms with Gasteiger partial charge < -0.3 is 24.8 Å². The van der Waals surface area contributed by atoms with Gasteiger partial charge in [0.05, 0.1) is 0 Å². The Morgan fingerprint density at radius 1 is 0.535 bits per heavy atom. The van der Waals surface area contributed by atoms with Crippen molar-refractivity contribution in [1.82, 2.24) is 0 Å². The van der Waals surface area contributed by atoms with E-state index in [1.165, 1.54) is 80.2 Å². The molecule has 0 radical (unpaired) electrons. The summed E-state index contributed by atoms with van der Waals surface area (Å²) in [5, 5.41) is 0. The first-order chi connectivity index (χ1) is 20.2. The second kappa shape index (κ2) is 13.9. The molecule has 0 amide bonds. The van der Waals surface area contributed by atoms with E-state index >= 15 is 0 Å². The second-order valence-corrected chi connectivity index (χ2v) is 24.0. The SMILES string of the molecule is CCCCC1=Cc2c(-c3ccccc3)cccc2[CH]1[Zr+2]1([CH]2C(CCCC)=Cc3c(-c4ccccc4)cccc32)[CH2][CH2]1.[Cl-].[Cl-]. The maximum absolute atomic E-state index is 2.71. The Kier molecular flexibility index (Phi) is 10.4. The summed E-state index contributed by atoms with van der Waals surface area (Å²) in [6, 6.07) is 36.7. The molecule has 0 aromatic heterocycles. The van der Waals surface area contributed by atoms with E-state index in [2.05, 4.69) is 123 Å². The number of hydrogen-bond donors (Lipinski definition) is 0. The summed E-state index contributed by atoms with van der Waals surface area (Å²) in [5.74, 6) is 0. The molecular weight excluding hydrogens is 643 g/mol. The van der Waals surface area contributed by atoms with Crippen molar-refractivity contribution in [2.45, 2.75) is 67.9 Å². The van der Waals surface area contributed by atoms with Gasteiger partial charge in [-0.15, -0.1) is 0 Å². The van der Waals surface area contributed by atoms with Crippen LogP contribution in [0.3, 0.4) is 0 Å². The molecule has 2 unspecified atom stereocenters. The third kappa shape index (κ3) is 5.83. The summed E-state index contributed by atoms with van der Waals surface area (Å²) in [7, 11) is 0. The number of fused-ring (bicyclic) bond motifs is 2. The van der Waals surface area contributed by atoms with Gasteiger partial charge in [0.1, 0.15) is 0 Å². The zero-order chi connectivity index (χ0) is 27.8. The van der Waals surface area contributed by atoms with Gasteiger partial charge in [-0.1, -0.05) is 0 Å². The van der Waals surface area contributed by atoms with Gasteiger partial charge in [-0.25, -0.2) is 0 Å². The van der Waals surface area contributed by atoms with Crippen LogP contribution in [0.1, 0.15) is 81.9 Å². The first-order valence-corrected chi connectivity index (χ1v) is 22.3. The molecule has 2 atom stereocenters. The van der Waals surface area contributed by atoms with Crippen molar-refractivity contribution in [3.63, 3.8) is 0 Å². The number of unbranched alkanes of at least 4 members (excludes halogenated alkanes) is 2. The molecule has 1 fully saturated rings. The van der Waals surface area contributed by atoms with Crippen molar-refractivity contribution in [1.29, 1.82) is 0 Å². The van der Waals surface area contributed by atoms with Gasteiger partial charge in [0, 0.05) is 0 Å². The van der Waals surface area contributed by atoms with Crippen molar-refractivity contribution in [3.05, 3.63) is 130 Å². The van der Waals surface area contributed by atoms with Gasteiger partial charge in [0.2, 0.25) is 0 Å². The molecule has 1 saturated heterocycles. The van der Waals surface area contributed by atoms with E-state index in [0.29, 0.717) is 0 Å². The molecule has 220 valence electrons. The Labute approximate surface area is 275 Å². The fourth-order valence-electron chi connectivity index (χ4n) is 8.11. The third-order valence-corrected chi connectivity index (χ3v) is 23.2. The van der Waals surface area contributed by atoms with Crippen molar-refractivity contribution in [2.24, 2.45) is 0 Å². The van der Waals surface area contributed by atoms with Crippen LogP contribution >= 0.6 is 0 Å². The molecule has 1 aliphatic heterocycles. The summed E-state index contributed by atoms with van der Waals surface area (Å²) in [5.41, 5.74) is 15.6. The van der Waals surface area contributed by atoms with Crippen LogP contribution in [0.2, 0.25) is 8.26 Å². The predicted octanol–water partition coefficient (Wildman–Crippen LogP) is 5.99. The molecular formula is C40H42Cl2Zr. The molecule has 7 rings (SSSR count). The molecule has 43 heavy (non-hydrogen) atoms. The fraction of sp³-hybridized carbons (Fsp3) is 0.300. The van der Waals surface area contributed by atoms with Gasteiger partial charge in [0.15, 0.2) is 0 Å². The number of allylic oxidation sites excluding steroid dienone is 2. The maximum atomic E-state index is 2.67. The average Bonchev–Trinajstić information content (AvgIpc) is 3.57. The van der Waals surface area contributed by atoms with Gasteiger partial charge in [-0.3, -0.25) is 0 Å². The minimum Gasteiger partial charge on any atom is -1.00 e. The van der Waals surface area contributed by atoms with Crippen LogP contribution in [0, 0.1) is 0 Å². The zero-order valence-electron chi connectivity index (χ0n) is 25.5. The minimum absolute atomic E-state index is 0. The molecule has 0 spiro atoms. The van der Waals surface area contributed by atoms with Crippen molar-refractivity contribution < 1.29 is 45.1 Å². The Morgan fingerprint density at radius 2 is 0.953 bits per heavy atom. The van der Waals surface area contributed by atoms with E-state index in [-0.39, 0.29) is 24.8 Å². The van der Waals surface area contributed by atoms with E-state index in [0.717, 1.165) is 7.25 Å². The third-order valence-electron chi connectivity index (χ3n) is 10.1. The van der Waals surface area contributed by atoms with Gasteiger partial charge in [-0.05, 0) is 0 Å². The van der Waals surface area contributed by atoms with E-state index in [1.807, 2.05) is 0 Å². The largest absolute Gasteiger partial charge is 1.00 e. The van der Waals surface area contributed by atoms with Crippen LogP contribution in [0.25, 0.3) is 34.4 Å². The second-order valence-electron chi connectivity index (χ2n) is 12.6. The molecule has 0 bridgehead atoms. The quantitative estimate of drug-likeness (QED) is 0.193. The van der Waals surface area contributed by atoms with Gasteiger partial charge in [-0.2, -0.15) is 0 Å². The van der Waals surface area contributed by atoms with Crippen LogP contribution in [-0.4, -0.2) is 0 Å². The Morgan fingerprint density at radius 3 is 1.33 bits per heavy atom. The standard InChI is InChI=1S/2C19H19.C2H4.2ClH.Zr/c2*1-2-3-8-15-13-17-11-7-12-18(19(17)14-15)16-9-5-4-6-10-16;1-2;;;/h2*4-7,9-14H,2-3,8H2,1H3;1-2H2;2*1H;/q;;;;;+2/p-2. The number of benzene rings is 4. The molecule has 0 saturated carbocycles. The van der Waals surface area contributed by atoms with E-state index in [1.54, 1.807) is 22.3 Å². The summed E-state index contributed by atoms with van der Waals surface area (Å²) < 4.78 is 4.49. The Balaban J connectivity index is 0.00000184. The molecule has 3 aliphatic rings. The van der Waals surface area contributed by atoms with Gasteiger partial charge >= 0.3 is 253 Å². The van der Waals surface area contributed by atoms with Crippen LogP contribution in [0.4, 0.5) is 0 Å². The maximum Gasteiger partial charge on any atom is -1.00 e. The molecule has 0 nitrogen and oxygen atoms in total. The van der Waals surface area contributed by atoms with Crippen LogP contribution in [0.5, 0.6) is 0 Å². The molecule has 1 heterocycles. The summed E-state index contributed by atoms with van der Waals surface area (Å²) >= 11 is -2.71. The van der Waals surface area contributed by atoms with E-state index < -0.39 is 20.3 Å². The first kappa shape index (κ1) is 32.2.